The van der Waals surface area contributed by atoms with Crippen molar-refractivity contribution in [3.63, 3.8) is 0 Å². The van der Waals surface area contributed by atoms with Gasteiger partial charge in [-0.3, -0.25) is 0 Å². The van der Waals surface area contributed by atoms with Gasteiger partial charge in [-0.25, -0.2) is 13.6 Å². The highest BCUT2D eigenvalue weighted by Gasteiger charge is 2.19. The van der Waals surface area contributed by atoms with Gasteiger partial charge in [-0.1, -0.05) is 25.5 Å². The van der Waals surface area contributed by atoms with Gasteiger partial charge in [0.1, 0.15) is 0 Å². The van der Waals surface area contributed by atoms with Crippen molar-refractivity contribution < 1.29 is 8.42 Å². The Kier molecular flexibility index (Phi) is 5.18. The Morgan fingerprint density at radius 3 is 2.55 bits per heavy atom. The van der Waals surface area contributed by atoms with Crippen molar-refractivity contribution in [3.8, 4) is 0 Å². The van der Waals surface area contributed by atoms with Gasteiger partial charge in [0.25, 0.3) is 0 Å². The SMILES string of the molecule is CCC1CCC(NCc2cccc(S(N)(=O)=O)c2)CC1. The summed E-state index contributed by atoms with van der Waals surface area (Å²) < 4.78 is 22.6. The lowest BCUT2D eigenvalue weighted by Crippen LogP contribution is -2.32. The molecule has 0 unspecified atom stereocenters. The number of nitrogens with two attached hydrogens (primary N) is 1. The van der Waals surface area contributed by atoms with Gasteiger partial charge in [-0.05, 0) is 49.3 Å². The summed E-state index contributed by atoms with van der Waals surface area (Å²) in [5.74, 6) is 0.888. The predicted octanol–water partition coefficient (Wildman–Crippen LogP) is 2.39. The van der Waals surface area contributed by atoms with E-state index in [2.05, 4.69) is 12.2 Å². The molecule has 20 heavy (non-hydrogen) atoms. The van der Waals surface area contributed by atoms with E-state index >= 15 is 0 Å². The molecule has 0 bridgehead atoms. The molecule has 5 heteroatoms. The van der Waals surface area contributed by atoms with Crippen LogP contribution in [0, 0.1) is 5.92 Å². The number of hydrogen-bond acceptors (Lipinski definition) is 3. The highest BCUT2D eigenvalue weighted by molar-refractivity contribution is 7.89. The lowest BCUT2D eigenvalue weighted by Gasteiger charge is -2.28. The van der Waals surface area contributed by atoms with E-state index in [1.807, 2.05) is 6.07 Å². The number of primary sulfonamides is 1. The first-order valence-electron chi connectivity index (χ1n) is 7.34. The number of hydrogen-bond donors (Lipinski definition) is 2. The standard InChI is InChI=1S/C15H24N2O2S/c1-2-12-6-8-14(9-7-12)17-11-13-4-3-5-15(10-13)20(16,18)19/h3-5,10,12,14,17H,2,6-9,11H2,1H3,(H2,16,18,19). The minimum absolute atomic E-state index is 0.187. The topological polar surface area (TPSA) is 72.2 Å². The Labute approximate surface area is 121 Å². The zero-order chi connectivity index (χ0) is 14.6. The van der Waals surface area contributed by atoms with Gasteiger partial charge in [0.2, 0.25) is 10.0 Å². The average Bonchev–Trinajstić information content (AvgIpc) is 2.45. The number of sulfonamides is 1. The highest BCUT2D eigenvalue weighted by atomic mass is 32.2. The van der Waals surface area contributed by atoms with Crippen LogP contribution in [0.5, 0.6) is 0 Å². The van der Waals surface area contributed by atoms with E-state index in [4.69, 9.17) is 5.14 Å². The van der Waals surface area contributed by atoms with Crippen LogP contribution in [0.2, 0.25) is 0 Å². The van der Waals surface area contributed by atoms with E-state index in [9.17, 15) is 8.42 Å². The summed E-state index contributed by atoms with van der Waals surface area (Å²) in [6.45, 7) is 2.96. The second-order valence-electron chi connectivity index (χ2n) is 5.70. The molecule has 1 fully saturated rings. The summed E-state index contributed by atoms with van der Waals surface area (Å²) in [5, 5.41) is 8.67. The average molecular weight is 296 g/mol. The lowest BCUT2D eigenvalue weighted by molar-refractivity contribution is 0.285. The van der Waals surface area contributed by atoms with E-state index in [1.54, 1.807) is 12.1 Å². The molecule has 112 valence electrons. The van der Waals surface area contributed by atoms with Crippen molar-refractivity contribution in [1.29, 1.82) is 0 Å². The highest BCUT2D eigenvalue weighted by Crippen LogP contribution is 2.26. The molecule has 0 aromatic heterocycles. The quantitative estimate of drug-likeness (QED) is 0.876. The second kappa shape index (κ2) is 6.70. The zero-order valence-electron chi connectivity index (χ0n) is 12.0. The van der Waals surface area contributed by atoms with Crippen molar-refractivity contribution in [1.82, 2.24) is 5.32 Å². The van der Waals surface area contributed by atoms with Crippen molar-refractivity contribution in [2.75, 3.05) is 0 Å². The fourth-order valence-corrected chi connectivity index (χ4v) is 3.45. The first-order chi connectivity index (χ1) is 9.49. The summed E-state index contributed by atoms with van der Waals surface area (Å²) in [5.41, 5.74) is 0.967. The van der Waals surface area contributed by atoms with Gasteiger partial charge in [0, 0.05) is 12.6 Å². The zero-order valence-corrected chi connectivity index (χ0v) is 12.8. The van der Waals surface area contributed by atoms with Crippen LogP contribution in [-0.4, -0.2) is 14.5 Å². The van der Waals surface area contributed by atoms with Crippen LogP contribution in [0.15, 0.2) is 29.2 Å². The number of nitrogens with one attached hydrogen (secondary N) is 1. The van der Waals surface area contributed by atoms with Gasteiger partial charge >= 0.3 is 0 Å². The minimum atomic E-state index is -3.61. The monoisotopic (exact) mass is 296 g/mol. The minimum Gasteiger partial charge on any atom is -0.310 e. The molecule has 0 heterocycles. The third-order valence-corrected chi connectivity index (χ3v) is 5.16. The van der Waals surface area contributed by atoms with Crippen LogP contribution < -0.4 is 10.5 Å². The van der Waals surface area contributed by atoms with Gasteiger partial charge < -0.3 is 5.32 Å². The van der Waals surface area contributed by atoms with Crippen molar-refractivity contribution in [3.05, 3.63) is 29.8 Å². The Morgan fingerprint density at radius 2 is 1.95 bits per heavy atom. The van der Waals surface area contributed by atoms with E-state index in [-0.39, 0.29) is 4.90 Å². The van der Waals surface area contributed by atoms with Crippen LogP contribution in [0.3, 0.4) is 0 Å². The second-order valence-corrected chi connectivity index (χ2v) is 7.26. The fourth-order valence-electron chi connectivity index (χ4n) is 2.87. The maximum Gasteiger partial charge on any atom is 0.238 e. The van der Waals surface area contributed by atoms with Crippen LogP contribution in [0.25, 0.3) is 0 Å². The first kappa shape index (κ1) is 15.5. The maximum atomic E-state index is 11.3. The molecule has 0 atom stereocenters. The van der Waals surface area contributed by atoms with Gasteiger partial charge in [-0.2, -0.15) is 0 Å². The molecule has 1 aromatic carbocycles. The Morgan fingerprint density at radius 1 is 1.25 bits per heavy atom. The van der Waals surface area contributed by atoms with Gasteiger partial charge in [-0.15, -0.1) is 0 Å². The van der Waals surface area contributed by atoms with Crippen LogP contribution in [-0.2, 0) is 16.6 Å². The Hall–Kier alpha value is -0.910. The molecule has 0 spiro atoms. The maximum absolute atomic E-state index is 11.3. The van der Waals surface area contributed by atoms with E-state index in [0.29, 0.717) is 12.6 Å². The van der Waals surface area contributed by atoms with Gasteiger partial charge in [0.05, 0.1) is 4.90 Å². The largest absolute Gasteiger partial charge is 0.310 e. The number of rotatable bonds is 5. The summed E-state index contributed by atoms with van der Waals surface area (Å²) >= 11 is 0. The van der Waals surface area contributed by atoms with Crippen molar-refractivity contribution in [2.24, 2.45) is 11.1 Å². The molecule has 1 aromatic rings. The summed E-state index contributed by atoms with van der Waals surface area (Å²) in [6, 6.07) is 7.41. The predicted molar refractivity (Wildman–Crippen MR) is 80.7 cm³/mol. The molecule has 3 N–H and O–H groups in total. The number of benzene rings is 1. The molecule has 2 rings (SSSR count). The van der Waals surface area contributed by atoms with Gasteiger partial charge in [0.15, 0.2) is 0 Å². The lowest BCUT2D eigenvalue weighted by atomic mass is 9.84. The normalized spacial score (nSPS) is 23.7. The van der Waals surface area contributed by atoms with E-state index in [1.165, 1.54) is 38.2 Å². The summed E-state index contributed by atoms with van der Waals surface area (Å²) in [7, 11) is -3.61. The third-order valence-electron chi connectivity index (χ3n) is 4.25. The smallest absolute Gasteiger partial charge is 0.238 e. The molecule has 0 saturated heterocycles. The first-order valence-corrected chi connectivity index (χ1v) is 8.88. The third kappa shape index (κ3) is 4.30. The van der Waals surface area contributed by atoms with E-state index in [0.717, 1.165) is 11.5 Å². The van der Waals surface area contributed by atoms with E-state index < -0.39 is 10.0 Å². The molecule has 0 amide bonds. The van der Waals surface area contributed by atoms with Crippen LogP contribution >= 0.6 is 0 Å². The molecular formula is C15H24N2O2S. The fraction of sp³-hybridized carbons (Fsp3) is 0.600. The molecule has 0 radical (unpaired) electrons. The molecule has 0 aliphatic heterocycles. The summed E-state index contributed by atoms with van der Waals surface area (Å²) in [6.07, 6.45) is 6.31. The molecule has 1 aliphatic rings. The molecule has 4 nitrogen and oxygen atoms in total. The van der Waals surface area contributed by atoms with Crippen LogP contribution in [0.4, 0.5) is 0 Å². The molecule has 1 aliphatic carbocycles. The Bertz CT molecular complexity index is 535. The van der Waals surface area contributed by atoms with Crippen LogP contribution in [0.1, 0.15) is 44.6 Å². The van der Waals surface area contributed by atoms with Crippen molar-refractivity contribution in [2.45, 2.75) is 56.5 Å². The summed E-state index contributed by atoms with van der Waals surface area (Å²) in [4.78, 5) is 0.187. The Balaban J connectivity index is 1.89. The molecular weight excluding hydrogens is 272 g/mol. The molecule has 1 saturated carbocycles. The van der Waals surface area contributed by atoms with Crippen molar-refractivity contribution >= 4 is 10.0 Å².